The molecule has 1 aromatic carbocycles. The Labute approximate surface area is 144 Å². The normalized spacial score (nSPS) is 17.8. The topological polar surface area (TPSA) is 63.4 Å². The first kappa shape index (κ1) is 15.7. The monoisotopic (exact) mass is 339 g/mol. The molecule has 4 rings (SSSR count). The SMILES string of the molecule is Cc1nnc2ccc(N3CCC[C@H](C(=O)c4ccc(F)cc4)C3)nn12. The van der Waals surface area contributed by atoms with Crippen LogP contribution in [0.3, 0.4) is 0 Å². The molecule has 1 atom stereocenters. The molecule has 0 unspecified atom stereocenters. The molecular formula is C18H18FN5O. The first-order chi connectivity index (χ1) is 12.1. The predicted molar refractivity (Wildman–Crippen MR) is 91.2 cm³/mol. The van der Waals surface area contributed by atoms with Gasteiger partial charge in [-0.3, -0.25) is 4.79 Å². The van der Waals surface area contributed by atoms with Crippen molar-refractivity contribution in [2.24, 2.45) is 5.92 Å². The van der Waals surface area contributed by atoms with Gasteiger partial charge in [0.1, 0.15) is 11.6 Å². The average molecular weight is 339 g/mol. The first-order valence-corrected chi connectivity index (χ1v) is 8.35. The maximum Gasteiger partial charge on any atom is 0.178 e. The number of hydrogen-bond donors (Lipinski definition) is 0. The average Bonchev–Trinajstić information content (AvgIpc) is 3.02. The molecule has 1 aliphatic rings. The Morgan fingerprint density at radius 2 is 1.96 bits per heavy atom. The van der Waals surface area contributed by atoms with Crippen LogP contribution in [0.4, 0.5) is 10.2 Å². The molecule has 0 N–H and O–H groups in total. The lowest BCUT2D eigenvalue weighted by Gasteiger charge is -2.32. The lowest BCUT2D eigenvalue weighted by molar-refractivity contribution is 0.0907. The van der Waals surface area contributed by atoms with Crippen LogP contribution in [0.15, 0.2) is 36.4 Å². The number of Topliss-reactive ketones (excluding diaryl/α,β-unsaturated/α-hetero) is 1. The Kier molecular flexibility index (Phi) is 3.91. The van der Waals surface area contributed by atoms with Crippen LogP contribution in [0.2, 0.25) is 0 Å². The van der Waals surface area contributed by atoms with Crippen molar-refractivity contribution in [3.05, 3.63) is 53.6 Å². The molecule has 1 fully saturated rings. The number of halogens is 1. The number of aromatic nitrogens is 4. The van der Waals surface area contributed by atoms with Crippen molar-refractivity contribution >= 4 is 17.2 Å². The third kappa shape index (κ3) is 2.97. The minimum absolute atomic E-state index is 0.0613. The van der Waals surface area contributed by atoms with Crippen molar-refractivity contribution in [2.75, 3.05) is 18.0 Å². The fraction of sp³-hybridized carbons (Fsp3) is 0.333. The van der Waals surface area contributed by atoms with E-state index in [1.54, 1.807) is 16.6 Å². The Bertz CT molecular complexity index is 921. The van der Waals surface area contributed by atoms with Crippen LogP contribution in [-0.4, -0.2) is 38.7 Å². The van der Waals surface area contributed by atoms with Gasteiger partial charge in [-0.2, -0.15) is 4.52 Å². The lowest BCUT2D eigenvalue weighted by Crippen LogP contribution is -2.39. The van der Waals surface area contributed by atoms with Gasteiger partial charge in [0.2, 0.25) is 0 Å². The summed E-state index contributed by atoms with van der Waals surface area (Å²) in [7, 11) is 0. The second kappa shape index (κ2) is 6.23. The number of anilines is 1. The molecule has 6 nitrogen and oxygen atoms in total. The summed E-state index contributed by atoms with van der Waals surface area (Å²) >= 11 is 0. The third-order valence-electron chi connectivity index (χ3n) is 4.65. The Hall–Kier alpha value is -2.83. The molecule has 0 saturated carbocycles. The molecule has 128 valence electrons. The molecular weight excluding hydrogens is 321 g/mol. The van der Waals surface area contributed by atoms with E-state index >= 15 is 0 Å². The quantitative estimate of drug-likeness (QED) is 0.687. The summed E-state index contributed by atoms with van der Waals surface area (Å²) < 4.78 is 14.8. The van der Waals surface area contributed by atoms with E-state index in [0.717, 1.165) is 31.0 Å². The Morgan fingerprint density at radius 1 is 1.16 bits per heavy atom. The van der Waals surface area contributed by atoms with E-state index in [0.29, 0.717) is 17.8 Å². The van der Waals surface area contributed by atoms with Crippen molar-refractivity contribution < 1.29 is 9.18 Å². The zero-order chi connectivity index (χ0) is 17.4. The molecule has 0 spiro atoms. The standard InChI is InChI=1S/C18H18FN5O/c1-12-20-21-16-8-9-17(22-24(12)16)23-10-2-3-14(11-23)18(25)13-4-6-15(19)7-5-13/h4-9,14H,2-3,10-11H2,1H3/t14-/m0/s1. The number of carbonyl (C=O) groups excluding carboxylic acids is 1. The van der Waals surface area contributed by atoms with Crippen molar-refractivity contribution in [2.45, 2.75) is 19.8 Å². The van der Waals surface area contributed by atoms with E-state index in [4.69, 9.17) is 0 Å². The van der Waals surface area contributed by atoms with Crippen molar-refractivity contribution in [1.82, 2.24) is 19.8 Å². The van der Waals surface area contributed by atoms with E-state index in [-0.39, 0.29) is 17.5 Å². The van der Waals surface area contributed by atoms with E-state index in [9.17, 15) is 9.18 Å². The second-order valence-corrected chi connectivity index (χ2v) is 6.37. The number of nitrogens with zero attached hydrogens (tertiary/aromatic N) is 5. The van der Waals surface area contributed by atoms with Crippen LogP contribution in [-0.2, 0) is 0 Å². The van der Waals surface area contributed by atoms with Gasteiger partial charge in [0.05, 0.1) is 0 Å². The van der Waals surface area contributed by atoms with Gasteiger partial charge in [-0.25, -0.2) is 4.39 Å². The highest BCUT2D eigenvalue weighted by atomic mass is 19.1. The predicted octanol–water partition coefficient (Wildman–Crippen LogP) is 2.67. The van der Waals surface area contributed by atoms with Crippen LogP contribution in [0.1, 0.15) is 29.0 Å². The second-order valence-electron chi connectivity index (χ2n) is 6.37. The number of ketones is 1. The van der Waals surface area contributed by atoms with Crippen LogP contribution in [0.5, 0.6) is 0 Å². The van der Waals surface area contributed by atoms with Gasteiger partial charge in [-0.1, -0.05) is 0 Å². The largest absolute Gasteiger partial charge is 0.354 e. The molecule has 2 aromatic heterocycles. The van der Waals surface area contributed by atoms with Crippen LogP contribution in [0.25, 0.3) is 5.65 Å². The zero-order valence-corrected chi connectivity index (χ0v) is 13.9. The third-order valence-corrected chi connectivity index (χ3v) is 4.65. The van der Waals surface area contributed by atoms with Gasteiger partial charge in [-0.05, 0) is 56.2 Å². The highest BCUT2D eigenvalue weighted by Gasteiger charge is 2.27. The minimum atomic E-state index is -0.330. The zero-order valence-electron chi connectivity index (χ0n) is 13.9. The van der Waals surface area contributed by atoms with E-state index < -0.39 is 0 Å². The summed E-state index contributed by atoms with van der Waals surface area (Å²) in [4.78, 5) is 14.8. The maximum atomic E-state index is 13.1. The molecule has 25 heavy (non-hydrogen) atoms. The highest BCUT2D eigenvalue weighted by molar-refractivity contribution is 5.98. The molecule has 0 aliphatic carbocycles. The molecule has 7 heteroatoms. The highest BCUT2D eigenvalue weighted by Crippen LogP contribution is 2.24. The molecule has 0 amide bonds. The number of piperidine rings is 1. The van der Waals surface area contributed by atoms with E-state index in [1.807, 2.05) is 19.1 Å². The summed E-state index contributed by atoms with van der Waals surface area (Å²) in [5.74, 6) is 1.16. The summed E-state index contributed by atoms with van der Waals surface area (Å²) in [6, 6.07) is 9.57. The van der Waals surface area contributed by atoms with E-state index in [1.165, 1.54) is 12.1 Å². The van der Waals surface area contributed by atoms with Gasteiger partial charge in [0, 0.05) is 24.6 Å². The molecule has 1 saturated heterocycles. The minimum Gasteiger partial charge on any atom is -0.354 e. The van der Waals surface area contributed by atoms with Crippen LogP contribution < -0.4 is 4.90 Å². The molecule has 0 bridgehead atoms. The maximum absolute atomic E-state index is 13.1. The van der Waals surface area contributed by atoms with Crippen molar-refractivity contribution in [3.8, 4) is 0 Å². The fourth-order valence-corrected chi connectivity index (χ4v) is 3.30. The molecule has 0 radical (unpaired) electrons. The smallest absolute Gasteiger partial charge is 0.178 e. The number of carbonyl (C=O) groups is 1. The number of fused-ring (bicyclic) bond motifs is 1. The van der Waals surface area contributed by atoms with E-state index in [2.05, 4.69) is 20.2 Å². The molecule has 1 aliphatic heterocycles. The lowest BCUT2D eigenvalue weighted by atomic mass is 9.90. The Morgan fingerprint density at radius 3 is 2.76 bits per heavy atom. The van der Waals surface area contributed by atoms with Gasteiger partial charge in [0.25, 0.3) is 0 Å². The number of rotatable bonds is 3. The number of hydrogen-bond acceptors (Lipinski definition) is 5. The Balaban J connectivity index is 1.56. The number of benzene rings is 1. The molecule has 3 aromatic rings. The fourth-order valence-electron chi connectivity index (χ4n) is 3.30. The van der Waals surface area contributed by atoms with Crippen LogP contribution >= 0.6 is 0 Å². The van der Waals surface area contributed by atoms with Crippen LogP contribution in [0, 0.1) is 18.7 Å². The summed E-state index contributed by atoms with van der Waals surface area (Å²) in [6.45, 7) is 3.32. The van der Waals surface area contributed by atoms with Crippen molar-refractivity contribution in [1.29, 1.82) is 0 Å². The van der Waals surface area contributed by atoms with Crippen molar-refractivity contribution in [3.63, 3.8) is 0 Å². The first-order valence-electron chi connectivity index (χ1n) is 8.35. The van der Waals surface area contributed by atoms with Gasteiger partial charge in [0.15, 0.2) is 17.3 Å². The summed E-state index contributed by atoms with van der Waals surface area (Å²) in [6.07, 6.45) is 1.75. The van der Waals surface area contributed by atoms with Gasteiger partial charge in [-0.15, -0.1) is 15.3 Å². The summed E-state index contributed by atoms with van der Waals surface area (Å²) in [5, 5.41) is 12.7. The molecule has 3 heterocycles. The van der Waals surface area contributed by atoms with Gasteiger partial charge < -0.3 is 4.90 Å². The summed E-state index contributed by atoms with van der Waals surface area (Å²) in [5.41, 5.74) is 1.27. The number of aryl methyl sites for hydroxylation is 1. The van der Waals surface area contributed by atoms with Gasteiger partial charge >= 0.3 is 0 Å².